The van der Waals surface area contributed by atoms with Gasteiger partial charge < -0.3 is 13.9 Å². The van der Waals surface area contributed by atoms with Crippen LogP contribution in [0.15, 0.2) is 51.7 Å². The van der Waals surface area contributed by atoms with Crippen LogP contribution in [0.4, 0.5) is 0 Å². The molecule has 23 heavy (non-hydrogen) atoms. The average Bonchev–Trinajstić information content (AvgIpc) is 2.56. The van der Waals surface area contributed by atoms with E-state index in [-0.39, 0.29) is 5.43 Å². The minimum absolute atomic E-state index is 0.129. The van der Waals surface area contributed by atoms with Crippen molar-refractivity contribution in [2.75, 3.05) is 6.61 Å². The molecule has 3 aromatic rings. The van der Waals surface area contributed by atoms with Crippen molar-refractivity contribution < 1.29 is 18.7 Å². The van der Waals surface area contributed by atoms with Gasteiger partial charge >= 0.3 is 5.97 Å². The van der Waals surface area contributed by atoms with E-state index in [0.29, 0.717) is 34.3 Å². The molecule has 0 aliphatic carbocycles. The number of carbonyl (C=O) groups excluding carboxylic acids is 1. The fraction of sp³-hybridized carbons (Fsp3) is 0.222. The Hall–Kier alpha value is -2.82. The van der Waals surface area contributed by atoms with Crippen molar-refractivity contribution in [1.29, 1.82) is 0 Å². The van der Waals surface area contributed by atoms with Crippen molar-refractivity contribution in [3.8, 4) is 5.75 Å². The molecule has 0 aliphatic heterocycles. The minimum Gasteiger partial charge on any atom is -0.479 e. The van der Waals surface area contributed by atoms with Crippen LogP contribution in [-0.2, 0) is 9.53 Å². The lowest BCUT2D eigenvalue weighted by atomic mass is 10.1. The second-order valence-electron chi connectivity index (χ2n) is 5.10. The van der Waals surface area contributed by atoms with E-state index in [1.54, 1.807) is 50.2 Å². The molecule has 1 heterocycles. The summed E-state index contributed by atoms with van der Waals surface area (Å²) in [6, 6.07) is 12.0. The quantitative estimate of drug-likeness (QED) is 0.546. The zero-order valence-corrected chi connectivity index (χ0v) is 12.9. The number of esters is 1. The molecule has 0 bridgehead atoms. The molecule has 5 nitrogen and oxygen atoms in total. The van der Waals surface area contributed by atoms with Crippen molar-refractivity contribution in [3.63, 3.8) is 0 Å². The number of rotatable bonds is 4. The van der Waals surface area contributed by atoms with E-state index in [2.05, 4.69) is 0 Å². The summed E-state index contributed by atoms with van der Waals surface area (Å²) in [7, 11) is 0. The van der Waals surface area contributed by atoms with E-state index in [4.69, 9.17) is 13.9 Å². The van der Waals surface area contributed by atoms with Gasteiger partial charge in [0.05, 0.1) is 17.4 Å². The lowest BCUT2D eigenvalue weighted by Gasteiger charge is -2.13. The smallest absolute Gasteiger partial charge is 0.347 e. The molecular weight excluding hydrogens is 296 g/mol. The molecule has 0 aliphatic rings. The molecule has 3 rings (SSSR count). The van der Waals surface area contributed by atoms with Gasteiger partial charge in [0.2, 0.25) is 5.43 Å². The summed E-state index contributed by atoms with van der Waals surface area (Å²) in [5.41, 5.74) is 0.888. The van der Waals surface area contributed by atoms with Gasteiger partial charge in [0, 0.05) is 0 Å². The molecule has 0 fully saturated rings. The molecule has 0 saturated heterocycles. The van der Waals surface area contributed by atoms with Crippen LogP contribution in [0, 0.1) is 0 Å². The molecule has 2 aromatic carbocycles. The number of carbonyl (C=O) groups is 1. The van der Waals surface area contributed by atoms with Crippen molar-refractivity contribution in [2.45, 2.75) is 20.0 Å². The maximum absolute atomic E-state index is 12.6. The Bertz CT molecular complexity index is 925. The van der Waals surface area contributed by atoms with E-state index in [9.17, 15) is 9.59 Å². The van der Waals surface area contributed by atoms with Gasteiger partial charge in [0.15, 0.2) is 6.10 Å². The van der Waals surface area contributed by atoms with Gasteiger partial charge in [0.25, 0.3) is 0 Å². The summed E-state index contributed by atoms with van der Waals surface area (Å²) in [5, 5.41) is 0.924. The fourth-order valence-corrected chi connectivity index (χ4v) is 2.37. The standard InChI is InChI=1S/C18H16O5/c1-3-21-18(20)11(2)22-12-8-9-16-14(10-12)17(19)13-6-4-5-7-15(13)23-16/h4-11H,3H2,1-2H3. The Balaban J connectivity index is 2.01. The lowest BCUT2D eigenvalue weighted by Crippen LogP contribution is -2.26. The summed E-state index contributed by atoms with van der Waals surface area (Å²) in [4.78, 5) is 24.2. The minimum atomic E-state index is -0.750. The average molecular weight is 312 g/mol. The first-order valence-electron chi connectivity index (χ1n) is 7.39. The molecule has 118 valence electrons. The molecule has 0 amide bonds. The van der Waals surface area contributed by atoms with Crippen LogP contribution in [0.3, 0.4) is 0 Å². The van der Waals surface area contributed by atoms with Crippen LogP contribution >= 0.6 is 0 Å². The SMILES string of the molecule is CCOC(=O)C(C)Oc1ccc2oc3ccccc3c(=O)c2c1. The van der Waals surface area contributed by atoms with Crippen LogP contribution in [0.25, 0.3) is 21.9 Å². The van der Waals surface area contributed by atoms with Gasteiger partial charge in [-0.15, -0.1) is 0 Å². The van der Waals surface area contributed by atoms with Crippen molar-refractivity contribution in [3.05, 3.63) is 52.7 Å². The first kappa shape index (κ1) is 15.1. The second kappa shape index (κ2) is 6.12. The van der Waals surface area contributed by atoms with Gasteiger partial charge in [0.1, 0.15) is 16.9 Å². The predicted molar refractivity (Wildman–Crippen MR) is 86.7 cm³/mol. The maximum Gasteiger partial charge on any atom is 0.347 e. The van der Waals surface area contributed by atoms with E-state index in [1.165, 1.54) is 0 Å². The molecule has 1 aromatic heterocycles. The third-order valence-electron chi connectivity index (χ3n) is 3.48. The number of para-hydroxylation sites is 1. The lowest BCUT2D eigenvalue weighted by molar-refractivity contribution is -0.150. The number of fused-ring (bicyclic) bond motifs is 2. The molecule has 1 unspecified atom stereocenters. The number of benzene rings is 2. The first-order chi connectivity index (χ1) is 11.1. The summed E-state index contributed by atoms with van der Waals surface area (Å²) in [6.45, 7) is 3.63. The highest BCUT2D eigenvalue weighted by Crippen LogP contribution is 2.23. The second-order valence-corrected chi connectivity index (χ2v) is 5.10. The van der Waals surface area contributed by atoms with Gasteiger partial charge in [-0.25, -0.2) is 4.79 Å². The van der Waals surface area contributed by atoms with E-state index in [0.717, 1.165) is 0 Å². The van der Waals surface area contributed by atoms with Gasteiger partial charge in [-0.3, -0.25) is 4.79 Å². The van der Waals surface area contributed by atoms with E-state index < -0.39 is 12.1 Å². The normalized spacial score (nSPS) is 12.3. The summed E-state index contributed by atoms with van der Waals surface area (Å²) >= 11 is 0. The van der Waals surface area contributed by atoms with Crippen LogP contribution in [0.5, 0.6) is 5.75 Å². The predicted octanol–water partition coefficient (Wildman–Crippen LogP) is 3.28. The van der Waals surface area contributed by atoms with Gasteiger partial charge in [-0.2, -0.15) is 0 Å². The van der Waals surface area contributed by atoms with Crippen LogP contribution < -0.4 is 10.2 Å². The number of hydrogen-bond acceptors (Lipinski definition) is 5. The number of hydrogen-bond donors (Lipinski definition) is 0. The topological polar surface area (TPSA) is 65.7 Å². The Labute approximate surface area is 132 Å². The van der Waals surface area contributed by atoms with Gasteiger partial charge in [-0.05, 0) is 44.2 Å². The Kier molecular flexibility index (Phi) is 4.02. The summed E-state index contributed by atoms with van der Waals surface area (Å²) in [6.07, 6.45) is -0.750. The summed E-state index contributed by atoms with van der Waals surface area (Å²) in [5.74, 6) is -0.0289. The molecular formula is C18H16O5. The molecule has 0 saturated carbocycles. The molecule has 0 N–H and O–H groups in total. The number of ether oxygens (including phenoxy) is 2. The fourth-order valence-electron chi connectivity index (χ4n) is 2.37. The van der Waals surface area contributed by atoms with Crippen molar-refractivity contribution >= 4 is 27.9 Å². The highest BCUT2D eigenvalue weighted by Gasteiger charge is 2.16. The molecule has 5 heteroatoms. The van der Waals surface area contributed by atoms with Crippen molar-refractivity contribution in [2.24, 2.45) is 0 Å². The van der Waals surface area contributed by atoms with Crippen LogP contribution in [0.2, 0.25) is 0 Å². The highest BCUT2D eigenvalue weighted by molar-refractivity contribution is 5.90. The summed E-state index contributed by atoms with van der Waals surface area (Å²) < 4.78 is 16.2. The largest absolute Gasteiger partial charge is 0.479 e. The van der Waals surface area contributed by atoms with Crippen LogP contribution in [0.1, 0.15) is 13.8 Å². The molecule has 0 spiro atoms. The Morgan fingerprint density at radius 1 is 1.13 bits per heavy atom. The van der Waals surface area contributed by atoms with Crippen molar-refractivity contribution in [1.82, 2.24) is 0 Å². The van der Waals surface area contributed by atoms with Gasteiger partial charge in [-0.1, -0.05) is 12.1 Å². The Morgan fingerprint density at radius 3 is 2.65 bits per heavy atom. The highest BCUT2D eigenvalue weighted by atomic mass is 16.6. The zero-order chi connectivity index (χ0) is 16.4. The molecule has 0 radical (unpaired) electrons. The van der Waals surface area contributed by atoms with Crippen LogP contribution in [-0.4, -0.2) is 18.7 Å². The monoisotopic (exact) mass is 312 g/mol. The first-order valence-corrected chi connectivity index (χ1v) is 7.39. The zero-order valence-electron chi connectivity index (χ0n) is 12.9. The van der Waals surface area contributed by atoms with E-state index >= 15 is 0 Å². The maximum atomic E-state index is 12.6. The Morgan fingerprint density at radius 2 is 1.87 bits per heavy atom. The molecule has 1 atom stereocenters. The van der Waals surface area contributed by atoms with E-state index in [1.807, 2.05) is 6.07 Å². The third-order valence-corrected chi connectivity index (χ3v) is 3.48. The third kappa shape index (κ3) is 2.90.